The highest BCUT2D eigenvalue weighted by molar-refractivity contribution is 6.20. The molecule has 0 radical (unpaired) electrons. The molecule has 1 N–H and O–H groups in total. The van der Waals surface area contributed by atoms with E-state index in [1.165, 1.54) is 11.1 Å². The van der Waals surface area contributed by atoms with Crippen molar-refractivity contribution in [2.45, 2.75) is 11.9 Å². The number of hydrogen-bond acceptors (Lipinski definition) is 1. The summed E-state index contributed by atoms with van der Waals surface area (Å²) >= 11 is 6.04. The van der Waals surface area contributed by atoms with Crippen LogP contribution in [0.4, 0.5) is 0 Å². The van der Waals surface area contributed by atoms with Gasteiger partial charge in [0.1, 0.15) is 5.50 Å². The molecule has 0 saturated heterocycles. The van der Waals surface area contributed by atoms with Gasteiger partial charge in [0.15, 0.2) is 0 Å². The van der Waals surface area contributed by atoms with E-state index in [0.717, 1.165) is 13.0 Å². The Morgan fingerprint density at radius 3 is 2.83 bits per heavy atom. The first-order valence-electron chi connectivity index (χ1n) is 3.83. The normalized spacial score (nSPS) is 20.9. The second-order valence-corrected chi connectivity index (χ2v) is 3.20. The lowest BCUT2D eigenvalue weighted by molar-refractivity contribution is 0.623. The minimum atomic E-state index is 0. The van der Waals surface area contributed by atoms with Gasteiger partial charge in [0.2, 0.25) is 0 Å². The van der Waals surface area contributed by atoms with Crippen molar-refractivity contribution in [2.75, 3.05) is 6.54 Å². The van der Waals surface area contributed by atoms with Crippen LogP contribution in [0.25, 0.3) is 0 Å². The number of hydrogen-bond donors (Lipinski definition) is 1. The molecule has 1 aliphatic heterocycles. The lowest BCUT2D eigenvalue weighted by atomic mass is 10.0. The fraction of sp³-hybridized carbons (Fsp3) is 0.333. The molecule has 1 unspecified atom stereocenters. The molecule has 1 aromatic carbocycles. The minimum absolute atomic E-state index is 0. The second-order valence-electron chi connectivity index (χ2n) is 2.77. The lowest BCUT2D eigenvalue weighted by Crippen LogP contribution is -2.26. The van der Waals surface area contributed by atoms with Gasteiger partial charge in [-0.05, 0) is 17.5 Å². The van der Waals surface area contributed by atoms with Crippen molar-refractivity contribution < 1.29 is 0 Å². The molecule has 1 aromatic rings. The zero-order chi connectivity index (χ0) is 7.68. The molecule has 0 aromatic heterocycles. The van der Waals surface area contributed by atoms with Crippen molar-refractivity contribution in [3.05, 3.63) is 35.4 Å². The van der Waals surface area contributed by atoms with Gasteiger partial charge in [-0.3, -0.25) is 5.32 Å². The van der Waals surface area contributed by atoms with E-state index in [0.29, 0.717) is 0 Å². The highest BCUT2D eigenvalue weighted by Crippen LogP contribution is 2.24. The number of alkyl halides is 1. The summed E-state index contributed by atoms with van der Waals surface area (Å²) in [5.41, 5.74) is 2.63. The zero-order valence-electron chi connectivity index (χ0n) is 6.59. The molecule has 3 heteroatoms. The van der Waals surface area contributed by atoms with E-state index in [1.807, 2.05) is 6.07 Å². The third-order valence-electron chi connectivity index (χ3n) is 2.05. The van der Waals surface area contributed by atoms with E-state index < -0.39 is 0 Å². The first kappa shape index (κ1) is 9.85. The average molecular weight is 204 g/mol. The Morgan fingerprint density at radius 1 is 1.33 bits per heavy atom. The molecular formula is C9H11Cl2N. The van der Waals surface area contributed by atoms with Gasteiger partial charge in [-0.1, -0.05) is 24.3 Å². The maximum absolute atomic E-state index is 6.04. The quantitative estimate of drug-likeness (QED) is 0.505. The number of benzene rings is 1. The predicted molar refractivity (Wildman–Crippen MR) is 54.0 cm³/mol. The lowest BCUT2D eigenvalue weighted by Gasteiger charge is -2.21. The molecule has 0 fully saturated rings. The molecule has 1 nitrogen and oxygen atoms in total. The monoisotopic (exact) mass is 203 g/mol. The summed E-state index contributed by atoms with van der Waals surface area (Å²) in [7, 11) is 0. The van der Waals surface area contributed by atoms with Crippen LogP contribution in [0.3, 0.4) is 0 Å². The van der Waals surface area contributed by atoms with Crippen LogP contribution in [-0.4, -0.2) is 6.54 Å². The Balaban J connectivity index is 0.000000720. The molecule has 66 valence electrons. The second kappa shape index (κ2) is 4.13. The first-order chi connectivity index (χ1) is 5.38. The molecule has 0 spiro atoms. The van der Waals surface area contributed by atoms with E-state index >= 15 is 0 Å². The predicted octanol–water partition coefficient (Wildman–Crippen LogP) is 2.49. The van der Waals surface area contributed by atoms with Gasteiger partial charge in [-0.2, -0.15) is 0 Å². The molecule has 0 aliphatic carbocycles. The van der Waals surface area contributed by atoms with E-state index in [-0.39, 0.29) is 17.9 Å². The Morgan fingerprint density at radius 2 is 2.08 bits per heavy atom. The highest BCUT2D eigenvalue weighted by Gasteiger charge is 2.15. The van der Waals surface area contributed by atoms with Crippen molar-refractivity contribution in [3.8, 4) is 0 Å². The van der Waals surface area contributed by atoms with Crippen LogP contribution in [0, 0.1) is 0 Å². The van der Waals surface area contributed by atoms with Gasteiger partial charge >= 0.3 is 0 Å². The van der Waals surface area contributed by atoms with Gasteiger partial charge in [-0.25, -0.2) is 0 Å². The number of rotatable bonds is 0. The molecule has 0 bridgehead atoms. The van der Waals surface area contributed by atoms with Crippen molar-refractivity contribution in [1.82, 2.24) is 5.32 Å². The fourth-order valence-corrected chi connectivity index (χ4v) is 1.77. The molecule has 12 heavy (non-hydrogen) atoms. The molecule has 0 saturated carbocycles. The largest absolute Gasteiger partial charge is 0.297 e. The SMILES string of the molecule is Cl.ClC1NCCc2ccccc21. The van der Waals surface area contributed by atoms with Crippen molar-refractivity contribution in [3.63, 3.8) is 0 Å². The van der Waals surface area contributed by atoms with Crippen LogP contribution < -0.4 is 5.32 Å². The van der Waals surface area contributed by atoms with Gasteiger partial charge < -0.3 is 0 Å². The highest BCUT2D eigenvalue weighted by atomic mass is 35.5. The summed E-state index contributed by atoms with van der Waals surface area (Å²) in [6, 6.07) is 8.32. The number of fused-ring (bicyclic) bond motifs is 1. The summed E-state index contributed by atoms with van der Waals surface area (Å²) < 4.78 is 0. The molecule has 2 rings (SSSR count). The van der Waals surface area contributed by atoms with Gasteiger partial charge in [0, 0.05) is 6.54 Å². The summed E-state index contributed by atoms with van der Waals surface area (Å²) in [6.07, 6.45) is 1.10. The first-order valence-corrected chi connectivity index (χ1v) is 4.27. The Labute approximate surface area is 83.5 Å². The topological polar surface area (TPSA) is 12.0 Å². The van der Waals surface area contributed by atoms with Gasteiger partial charge in [0.05, 0.1) is 0 Å². The molecule has 1 heterocycles. The summed E-state index contributed by atoms with van der Waals surface area (Å²) in [5, 5.41) is 3.20. The van der Waals surface area contributed by atoms with Crippen molar-refractivity contribution in [1.29, 1.82) is 0 Å². The molecular weight excluding hydrogens is 193 g/mol. The van der Waals surface area contributed by atoms with Gasteiger partial charge in [-0.15, -0.1) is 24.0 Å². The summed E-state index contributed by atoms with van der Waals surface area (Å²) in [5.74, 6) is 0. The van der Waals surface area contributed by atoms with E-state index in [9.17, 15) is 0 Å². The van der Waals surface area contributed by atoms with E-state index in [1.54, 1.807) is 0 Å². The summed E-state index contributed by atoms with van der Waals surface area (Å²) in [6.45, 7) is 0.991. The third kappa shape index (κ3) is 1.74. The van der Waals surface area contributed by atoms with Crippen molar-refractivity contribution >= 4 is 24.0 Å². The molecule has 1 aliphatic rings. The van der Waals surface area contributed by atoms with Crippen LogP contribution >= 0.6 is 24.0 Å². The molecule has 1 atom stereocenters. The van der Waals surface area contributed by atoms with Gasteiger partial charge in [0.25, 0.3) is 0 Å². The van der Waals surface area contributed by atoms with Crippen LogP contribution in [0.5, 0.6) is 0 Å². The standard InChI is InChI=1S/C9H10ClN.ClH/c10-9-8-4-2-1-3-7(8)5-6-11-9;/h1-4,9,11H,5-6H2;1H. The van der Waals surface area contributed by atoms with Crippen molar-refractivity contribution in [2.24, 2.45) is 0 Å². The minimum Gasteiger partial charge on any atom is -0.297 e. The third-order valence-corrected chi connectivity index (χ3v) is 2.44. The Hall–Kier alpha value is -0.240. The fourth-order valence-electron chi connectivity index (χ4n) is 1.45. The maximum atomic E-state index is 6.04. The zero-order valence-corrected chi connectivity index (χ0v) is 8.16. The number of halogens is 2. The van der Waals surface area contributed by atoms with Crippen LogP contribution in [0.15, 0.2) is 24.3 Å². The van der Waals surface area contributed by atoms with Crippen LogP contribution in [-0.2, 0) is 6.42 Å². The average Bonchev–Trinajstić information content (AvgIpc) is 2.06. The summed E-state index contributed by atoms with van der Waals surface area (Å²) in [4.78, 5) is 0. The Bertz CT molecular complexity index is 262. The molecule has 0 amide bonds. The number of nitrogens with one attached hydrogen (secondary N) is 1. The van der Waals surface area contributed by atoms with E-state index in [4.69, 9.17) is 11.6 Å². The van der Waals surface area contributed by atoms with Crippen LogP contribution in [0.2, 0.25) is 0 Å². The van der Waals surface area contributed by atoms with E-state index in [2.05, 4.69) is 23.5 Å². The Kier molecular flexibility index (Phi) is 3.39. The maximum Gasteiger partial charge on any atom is 0.108 e. The van der Waals surface area contributed by atoms with Crippen LogP contribution in [0.1, 0.15) is 16.6 Å². The smallest absolute Gasteiger partial charge is 0.108 e.